The second-order valence-electron chi connectivity index (χ2n) is 6.65. The molecule has 2 heterocycles. The Balaban J connectivity index is 1.79. The Morgan fingerprint density at radius 3 is 2.73 bits per heavy atom. The van der Waals surface area contributed by atoms with Crippen molar-refractivity contribution in [3.05, 3.63) is 35.0 Å². The van der Waals surface area contributed by atoms with E-state index in [9.17, 15) is 4.79 Å². The number of aromatic nitrogens is 1. The van der Waals surface area contributed by atoms with E-state index in [0.29, 0.717) is 10.6 Å². The van der Waals surface area contributed by atoms with E-state index in [4.69, 9.17) is 16.3 Å². The summed E-state index contributed by atoms with van der Waals surface area (Å²) in [5, 5.41) is 1.47. The number of anilines is 1. The lowest BCUT2D eigenvalue weighted by Crippen LogP contribution is -2.47. The molecule has 5 nitrogen and oxygen atoms in total. The van der Waals surface area contributed by atoms with E-state index in [2.05, 4.69) is 21.7 Å². The number of hydrogen-bond donors (Lipinski definition) is 0. The molecule has 1 aliphatic rings. The van der Waals surface area contributed by atoms with Gasteiger partial charge in [-0.25, -0.2) is 0 Å². The molecule has 0 spiro atoms. The van der Waals surface area contributed by atoms with Gasteiger partial charge in [-0.3, -0.25) is 14.7 Å². The molecule has 1 aliphatic heterocycles. The normalized spacial score (nSPS) is 15.6. The Hall–Kier alpha value is -1.69. The minimum atomic E-state index is 0.0184. The van der Waals surface area contributed by atoms with Gasteiger partial charge in [0.1, 0.15) is 0 Å². The second-order valence-corrected chi connectivity index (χ2v) is 7.06. The van der Waals surface area contributed by atoms with Crippen molar-refractivity contribution >= 4 is 34.0 Å². The number of ether oxygens (including phenoxy) is 1. The number of benzene rings is 1. The first-order chi connectivity index (χ1) is 12.6. The standard InChI is InChI=1S/C20H26ClN3O2/c1-3-12-26-13-11-23-7-9-24(10-8-23)20-17(15(2)25)14-18(21)16-5-4-6-22-19(16)20/h4-6,14H,3,7-13H2,1-2H3. The molecule has 26 heavy (non-hydrogen) atoms. The highest BCUT2D eigenvalue weighted by Gasteiger charge is 2.24. The van der Waals surface area contributed by atoms with Crippen molar-refractivity contribution in [1.29, 1.82) is 0 Å². The minimum absolute atomic E-state index is 0.0184. The summed E-state index contributed by atoms with van der Waals surface area (Å²) in [6.45, 7) is 9.88. The third kappa shape index (κ3) is 4.17. The van der Waals surface area contributed by atoms with Crippen LogP contribution < -0.4 is 4.90 Å². The van der Waals surface area contributed by atoms with Crippen molar-refractivity contribution in [2.75, 3.05) is 50.8 Å². The highest BCUT2D eigenvalue weighted by atomic mass is 35.5. The summed E-state index contributed by atoms with van der Waals surface area (Å²) in [5.41, 5.74) is 2.38. The van der Waals surface area contributed by atoms with Gasteiger partial charge in [-0.1, -0.05) is 18.5 Å². The maximum atomic E-state index is 12.2. The second kappa shape index (κ2) is 8.80. The Kier molecular flexibility index (Phi) is 6.46. The quantitative estimate of drug-likeness (QED) is 0.546. The van der Waals surface area contributed by atoms with Crippen LogP contribution in [0.2, 0.25) is 5.02 Å². The summed E-state index contributed by atoms with van der Waals surface area (Å²) in [7, 11) is 0. The van der Waals surface area contributed by atoms with Gasteiger partial charge in [0.15, 0.2) is 5.78 Å². The van der Waals surface area contributed by atoms with Crippen LogP contribution in [-0.4, -0.2) is 61.6 Å². The maximum Gasteiger partial charge on any atom is 0.162 e. The van der Waals surface area contributed by atoms with Gasteiger partial charge in [-0.05, 0) is 31.5 Å². The summed E-state index contributed by atoms with van der Waals surface area (Å²) in [6, 6.07) is 5.62. The Morgan fingerprint density at radius 2 is 2.04 bits per heavy atom. The van der Waals surface area contributed by atoms with Gasteiger partial charge in [0.2, 0.25) is 0 Å². The zero-order chi connectivity index (χ0) is 18.5. The molecule has 6 heteroatoms. The lowest BCUT2D eigenvalue weighted by molar-refractivity contribution is 0.101. The molecule has 1 fully saturated rings. The Labute approximate surface area is 159 Å². The molecule has 140 valence electrons. The average Bonchev–Trinajstić information content (AvgIpc) is 2.66. The third-order valence-corrected chi connectivity index (χ3v) is 5.10. The fourth-order valence-electron chi connectivity index (χ4n) is 3.41. The highest BCUT2D eigenvalue weighted by Crippen LogP contribution is 2.35. The van der Waals surface area contributed by atoms with E-state index in [1.54, 1.807) is 19.2 Å². The van der Waals surface area contributed by atoms with E-state index < -0.39 is 0 Å². The highest BCUT2D eigenvalue weighted by molar-refractivity contribution is 6.36. The predicted octanol–water partition coefficient (Wildman–Crippen LogP) is 3.64. The summed E-state index contributed by atoms with van der Waals surface area (Å²) < 4.78 is 5.59. The van der Waals surface area contributed by atoms with Gasteiger partial charge in [0, 0.05) is 56.5 Å². The van der Waals surface area contributed by atoms with Crippen LogP contribution in [0.5, 0.6) is 0 Å². The van der Waals surface area contributed by atoms with Gasteiger partial charge < -0.3 is 9.64 Å². The van der Waals surface area contributed by atoms with Crippen LogP contribution in [0.25, 0.3) is 10.9 Å². The largest absolute Gasteiger partial charge is 0.380 e. The molecule has 1 saturated heterocycles. The summed E-state index contributed by atoms with van der Waals surface area (Å²) in [5.74, 6) is 0.0184. The van der Waals surface area contributed by atoms with Crippen LogP contribution >= 0.6 is 11.6 Å². The molecule has 2 aromatic rings. The van der Waals surface area contributed by atoms with E-state index in [1.165, 1.54) is 0 Å². The molecule has 0 radical (unpaired) electrons. The lowest BCUT2D eigenvalue weighted by Gasteiger charge is -2.37. The molecule has 0 saturated carbocycles. The lowest BCUT2D eigenvalue weighted by atomic mass is 10.0. The number of ketones is 1. The number of fused-ring (bicyclic) bond motifs is 1. The number of halogens is 1. The molecule has 0 unspecified atom stereocenters. The maximum absolute atomic E-state index is 12.2. The molecule has 3 rings (SSSR count). The van der Waals surface area contributed by atoms with E-state index in [-0.39, 0.29) is 5.78 Å². The first kappa shape index (κ1) is 19.1. The van der Waals surface area contributed by atoms with Crippen molar-refractivity contribution < 1.29 is 9.53 Å². The predicted molar refractivity (Wildman–Crippen MR) is 107 cm³/mol. The van der Waals surface area contributed by atoms with Gasteiger partial charge in [0.25, 0.3) is 0 Å². The van der Waals surface area contributed by atoms with E-state index >= 15 is 0 Å². The number of hydrogen-bond acceptors (Lipinski definition) is 5. The van der Waals surface area contributed by atoms with Crippen LogP contribution in [0.3, 0.4) is 0 Å². The molecule has 0 aliphatic carbocycles. The van der Waals surface area contributed by atoms with E-state index in [0.717, 1.165) is 68.9 Å². The van der Waals surface area contributed by atoms with Crippen molar-refractivity contribution in [1.82, 2.24) is 9.88 Å². The Morgan fingerprint density at radius 1 is 1.27 bits per heavy atom. The third-order valence-electron chi connectivity index (χ3n) is 4.78. The topological polar surface area (TPSA) is 45.7 Å². The van der Waals surface area contributed by atoms with Crippen LogP contribution in [0.1, 0.15) is 30.6 Å². The molecule has 0 atom stereocenters. The summed E-state index contributed by atoms with van der Waals surface area (Å²) in [4.78, 5) is 21.4. The van der Waals surface area contributed by atoms with Crippen LogP contribution in [-0.2, 0) is 4.74 Å². The molecule has 1 aromatic heterocycles. The average molecular weight is 376 g/mol. The molecule has 0 bridgehead atoms. The van der Waals surface area contributed by atoms with Crippen LogP contribution in [0.15, 0.2) is 24.4 Å². The number of nitrogens with zero attached hydrogens (tertiary/aromatic N) is 3. The fourth-order valence-corrected chi connectivity index (χ4v) is 3.67. The first-order valence-corrected chi connectivity index (χ1v) is 9.62. The van der Waals surface area contributed by atoms with E-state index in [1.807, 2.05) is 12.1 Å². The zero-order valence-corrected chi connectivity index (χ0v) is 16.3. The smallest absolute Gasteiger partial charge is 0.162 e. The Bertz CT molecular complexity index is 773. The van der Waals surface area contributed by atoms with Crippen LogP contribution in [0.4, 0.5) is 5.69 Å². The fraction of sp³-hybridized carbons (Fsp3) is 0.500. The van der Waals surface area contributed by atoms with Gasteiger partial charge in [-0.2, -0.15) is 0 Å². The monoisotopic (exact) mass is 375 g/mol. The molecule has 0 N–H and O–H groups in total. The number of carbonyl (C=O) groups is 1. The first-order valence-electron chi connectivity index (χ1n) is 9.25. The number of Topliss-reactive ketones (excluding diaryl/α,β-unsaturated/α-hetero) is 1. The SMILES string of the molecule is CCCOCCN1CCN(c2c(C(C)=O)cc(Cl)c3cccnc23)CC1. The minimum Gasteiger partial charge on any atom is -0.380 e. The van der Waals surface area contributed by atoms with Crippen molar-refractivity contribution in [2.45, 2.75) is 20.3 Å². The molecular weight excluding hydrogens is 350 g/mol. The summed E-state index contributed by atoms with van der Waals surface area (Å²) in [6.07, 6.45) is 2.81. The zero-order valence-electron chi connectivity index (χ0n) is 15.5. The van der Waals surface area contributed by atoms with Crippen molar-refractivity contribution in [3.63, 3.8) is 0 Å². The molecule has 1 aromatic carbocycles. The number of pyridine rings is 1. The van der Waals surface area contributed by atoms with Gasteiger partial charge in [-0.15, -0.1) is 0 Å². The molecule has 0 amide bonds. The van der Waals surface area contributed by atoms with Crippen molar-refractivity contribution in [3.8, 4) is 0 Å². The van der Waals surface area contributed by atoms with Crippen LogP contribution in [0, 0.1) is 0 Å². The number of piperazine rings is 1. The number of rotatable bonds is 7. The van der Waals surface area contributed by atoms with Crippen molar-refractivity contribution in [2.24, 2.45) is 0 Å². The summed E-state index contributed by atoms with van der Waals surface area (Å²) >= 11 is 6.39. The molecular formula is C20H26ClN3O2. The van der Waals surface area contributed by atoms with Gasteiger partial charge >= 0.3 is 0 Å². The van der Waals surface area contributed by atoms with Gasteiger partial charge in [0.05, 0.1) is 22.8 Å². The number of carbonyl (C=O) groups excluding carboxylic acids is 1.